The molecule has 0 atom stereocenters. The van der Waals surface area contributed by atoms with Gasteiger partial charge in [-0.25, -0.2) is 0 Å². The molecule has 0 fully saturated rings. The smallest absolute Gasteiger partial charge is 0.339 e. The number of rotatable bonds is 8. The molecule has 11 nitrogen and oxygen atoms in total. The van der Waals surface area contributed by atoms with Gasteiger partial charge in [0.1, 0.15) is 16.3 Å². The molecule has 166 valence electrons. The van der Waals surface area contributed by atoms with Crippen LogP contribution in [0.15, 0.2) is 106 Å². The van der Waals surface area contributed by atoms with Gasteiger partial charge in [0, 0.05) is 11.8 Å². The zero-order valence-corrected chi connectivity index (χ0v) is 17.7. The van der Waals surface area contributed by atoms with Gasteiger partial charge in [0.05, 0.1) is 23.0 Å². The number of nitro groups is 1. The van der Waals surface area contributed by atoms with Gasteiger partial charge in [0.2, 0.25) is 0 Å². The van der Waals surface area contributed by atoms with Crippen LogP contribution in [0.5, 0.6) is 5.75 Å². The summed E-state index contributed by atoms with van der Waals surface area (Å²) in [7, 11) is -4.25. The first-order chi connectivity index (χ1) is 15.9. The number of aromatic nitrogens is 2. The van der Waals surface area contributed by atoms with E-state index in [1.54, 1.807) is 60.9 Å². The zero-order valence-electron chi connectivity index (χ0n) is 16.8. The molecular weight excluding hydrogens is 448 g/mol. The van der Waals surface area contributed by atoms with Crippen molar-refractivity contribution in [3.8, 4) is 5.75 Å². The second-order valence-corrected chi connectivity index (χ2v) is 8.12. The number of para-hydroxylation sites is 1. The summed E-state index contributed by atoms with van der Waals surface area (Å²) < 4.78 is 30.1. The maximum absolute atomic E-state index is 12.5. The highest BCUT2D eigenvalue weighted by Gasteiger charge is 2.23. The molecule has 0 aliphatic rings. The van der Waals surface area contributed by atoms with Crippen LogP contribution in [0, 0.1) is 10.1 Å². The fourth-order valence-electron chi connectivity index (χ4n) is 2.75. The van der Waals surface area contributed by atoms with Crippen LogP contribution in [-0.4, -0.2) is 23.2 Å². The molecule has 0 aliphatic heterocycles. The Kier molecular flexibility index (Phi) is 6.09. The summed E-state index contributed by atoms with van der Waals surface area (Å²) in [5, 5.41) is 26.3. The third-order valence-electron chi connectivity index (χ3n) is 4.29. The molecule has 0 amide bonds. The van der Waals surface area contributed by atoms with Crippen LogP contribution in [0.3, 0.4) is 0 Å². The van der Waals surface area contributed by atoms with Gasteiger partial charge >= 0.3 is 10.1 Å². The largest absolute Gasteiger partial charge is 0.379 e. The van der Waals surface area contributed by atoms with Gasteiger partial charge in [-0.15, -0.1) is 9.91 Å². The van der Waals surface area contributed by atoms with Crippen LogP contribution in [0.25, 0.3) is 0 Å². The second kappa shape index (κ2) is 9.28. The lowest BCUT2D eigenvalue weighted by Gasteiger charge is -2.10. The minimum atomic E-state index is -4.25. The van der Waals surface area contributed by atoms with Crippen molar-refractivity contribution in [1.29, 1.82) is 0 Å². The van der Waals surface area contributed by atoms with E-state index < -0.39 is 20.7 Å². The summed E-state index contributed by atoms with van der Waals surface area (Å²) in [4.78, 5) is 11.9. The van der Waals surface area contributed by atoms with E-state index in [-0.39, 0.29) is 16.3 Å². The first-order valence-electron chi connectivity index (χ1n) is 9.47. The number of benzene rings is 3. The lowest BCUT2D eigenvalue weighted by molar-refractivity contribution is -0.384. The predicted molar refractivity (Wildman–Crippen MR) is 119 cm³/mol. The van der Waals surface area contributed by atoms with Crippen molar-refractivity contribution in [3.63, 3.8) is 0 Å². The third-order valence-corrected chi connectivity index (χ3v) is 5.54. The summed E-state index contributed by atoms with van der Waals surface area (Å²) in [6, 6.07) is 19.7. The summed E-state index contributed by atoms with van der Waals surface area (Å²) in [5.41, 5.74) is 0.775. The van der Waals surface area contributed by atoms with E-state index in [1.165, 1.54) is 29.1 Å². The average molecular weight is 464 g/mol. The van der Waals surface area contributed by atoms with E-state index in [1.807, 2.05) is 0 Å². The Morgan fingerprint density at radius 1 is 1.00 bits per heavy atom. The molecule has 1 N–H and O–H groups in total. The van der Waals surface area contributed by atoms with Gasteiger partial charge in [-0.2, -0.15) is 13.5 Å². The minimum Gasteiger partial charge on any atom is -0.379 e. The van der Waals surface area contributed by atoms with Gasteiger partial charge in [-0.1, -0.05) is 18.2 Å². The molecule has 0 radical (unpaired) electrons. The predicted octanol–water partition coefficient (Wildman–Crippen LogP) is 4.85. The van der Waals surface area contributed by atoms with Gasteiger partial charge in [0.25, 0.3) is 5.69 Å². The average Bonchev–Trinajstić information content (AvgIpc) is 3.33. The van der Waals surface area contributed by atoms with Gasteiger partial charge in [0.15, 0.2) is 0 Å². The van der Waals surface area contributed by atoms with Gasteiger partial charge in [-0.05, 0) is 59.8 Å². The Labute approximate surface area is 188 Å². The highest BCUT2D eigenvalue weighted by molar-refractivity contribution is 7.87. The van der Waals surface area contributed by atoms with E-state index in [2.05, 4.69) is 20.8 Å². The Balaban J connectivity index is 1.54. The second-order valence-electron chi connectivity index (χ2n) is 6.57. The molecule has 0 unspecified atom stereocenters. The summed E-state index contributed by atoms with van der Waals surface area (Å²) >= 11 is 0. The summed E-state index contributed by atoms with van der Waals surface area (Å²) in [6.45, 7) is 0. The Morgan fingerprint density at radius 2 is 1.76 bits per heavy atom. The van der Waals surface area contributed by atoms with Crippen molar-refractivity contribution in [2.45, 2.75) is 4.90 Å². The van der Waals surface area contributed by atoms with Crippen molar-refractivity contribution >= 4 is 32.9 Å². The number of nitrogens with zero attached hydrogens (tertiary/aromatic N) is 5. The molecule has 0 bridgehead atoms. The maximum atomic E-state index is 12.5. The standard InChI is InChI=1S/C21H16N6O5S/c28-27(29)21-15-19(33(30,31)32-18-5-2-1-3-6-18)11-12-20(21)23-16-7-9-17(10-8-16)24-25-26-14-4-13-22-26/h1-15,23H/b25-24+. The van der Waals surface area contributed by atoms with Crippen LogP contribution < -0.4 is 9.50 Å². The molecule has 0 saturated carbocycles. The van der Waals surface area contributed by atoms with Crippen molar-refractivity contribution < 1.29 is 17.5 Å². The Bertz CT molecular complexity index is 1390. The SMILES string of the molecule is O=[N+]([O-])c1cc(S(=O)(=O)Oc2ccccc2)ccc1Nc1ccc(/N=N/n2cccn2)cc1. The van der Waals surface area contributed by atoms with Crippen LogP contribution in [0.4, 0.5) is 22.7 Å². The van der Waals surface area contributed by atoms with Gasteiger partial charge < -0.3 is 9.50 Å². The van der Waals surface area contributed by atoms with Crippen molar-refractivity contribution in [2.24, 2.45) is 10.3 Å². The monoisotopic (exact) mass is 464 g/mol. The van der Waals surface area contributed by atoms with Crippen LogP contribution >= 0.6 is 0 Å². The number of nitrogens with one attached hydrogen (secondary N) is 1. The lowest BCUT2D eigenvalue weighted by atomic mass is 10.2. The van der Waals surface area contributed by atoms with Crippen molar-refractivity contribution in [2.75, 3.05) is 5.32 Å². The van der Waals surface area contributed by atoms with E-state index in [0.717, 1.165) is 6.07 Å². The molecule has 33 heavy (non-hydrogen) atoms. The molecule has 1 heterocycles. The molecule has 3 aromatic carbocycles. The Hall–Kier alpha value is -4.58. The molecule has 1 aromatic heterocycles. The summed E-state index contributed by atoms with van der Waals surface area (Å²) in [6.07, 6.45) is 3.20. The first kappa shape index (κ1) is 21.6. The summed E-state index contributed by atoms with van der Waals surface area (Å²) in [5.74, 6) is 0.104. The lowest BCUT2D eigenvalue weighted by Crippen LogP contribution is -2.10. The molecule has 4 aromatic rings. The van der Waals surface area contributed by atoms with E-state index in [9.17, 15) is 18.5 Å². The third kappa shape index (κ3) is 5.37. The Morgan fingerprint density at radius 3 is 2.42 bits per heavy atom. The molecule has 0 spiro atoms. The minimum absolute atomic E-state index is 0.104. The molecule has 0 aliphatic carbocycles. The van der Waals surface area contributed by atoms with Crippen molar-refractivity contribution in [1.82, 2.24) is 9.89 Å². The molecule has 12 heteroatoms. The number of hydrogen-bond acceptors (Lipinski definition) is 9. The number of hydrogen-bond donors (Lipinski definition) is 1. The molecule has 4 rings (SSSR count). The fraction of sp³-hybridized carbons (Fsp3) is 0. The van der Waals surface area contributed by atoms with E-state index in [4.69, 9.17) is 4.18 Å². The number of nitro benzene ring substituents is 1. The normalized spacial score (nSPS) is 11.4. The molecule has 0 saturated heterocycles. The fourth-order valence-corrected chi connectivity index (χ4v) is 3.70. The van der Waals surface area contributed by atoms with Crippen LogP contribution in [-0.2, 0) is 10.1 Å². The van der Waals surface area contributed by atoms with E-state index >= 15 is 0 Å². The number of anilines is 2. The van der Waals surface area contributed by atoms with Crippen LogP contribution in [0.2, 0.25) is 0 Å². The van der Waals surface area contributed by atoms with E-state index in [0.29, 0.717) is 11.4 Å². The van der Waals surface area contributed by atoms with Crippen molar-refractivity contribution in [3.05, 3.63) is 101 Å². The quantitative estimate of drug-likeness (QED) is 0.170. The van der Waals surface area contributed by atoms with Crippen LogP contribution in [0.1, 0.15) is 0 Å². The molecular formula is C21H16N6O5S. The highest BCUT2D eigenvalue weighted by Crippen LogP contribution is 2.31. The topological polar surface area (TPSA) is 141 Å². The zero-order chi connectivity index (χ0) is 23.3. The highest BCUT2D eigenvalue weighted by atomic mass is 32.2. The van der Waals surface area contributed by atoms with Gasteiger partial charge in [-0.3, -0.25) is 10.1 Å². The maximum Gasteiger partial charge on any atom is 0.339 e. The first-order valence-corrected chi connectivity index (χ1v) is 10.9.